The van der Waals surface area contributed by atoms with Crippen molar-refractivity contribution < 1.29 is 8.42 Å². The third kappa shape index (κ3) is 4.36. The first kappa shape index (κ1) is 17.0. The molecule has 0 fully saturated rings. The highest BCUT2D eigenvalue weighted by atomic mass is 32.2. The van der Waals surface area contributed by atoms with E-state index in [0.29, 0.717) is 0 Å². The van der Waals surface area contributed by atoms with Gasteiger partial charge in [0.2, 0.25) is 0 Å². The third-order valence-electron chi connectivity index (χ3n) is 3.74. The molecule has 3 rings (SSSR count). The molecule has 25 heavy (non-hydrogen) atoms. The SMILES string of the molecule is CC(Nc1ccc(NS(=O)(=O)c2ccccc2)nc1)c1ccccc1. The first-order chi connectivity index (χ1) is 12.0. The molecule has 1 unspecified atom stereocenters. The van der Waals surface area contributed by atoms with E-state index in [1.807, 2.05) is 30.3 Å². The van der Waals surface area contributed by atoms with Crippen LogP contribution >= 0.6 is 0 Å². The summed E-state index contributed by atoms with van der Waals surface area (Å²) in [6.07, 6.45) is 1.61. The largest absolute Gasteiger partial charge is 0.377 e. The second-order valence-corrected chi connectivity index (χ2v) is 7.31. The Morgan fingerprint density at radius 2 is 1.52 bits per heavy atom. The van der Waals surface area contributed by atoms with Gasteiger partial charge in [-0.25, -0.2) is 13.4 Å². The number of rotatable bonds is 6. The van der Waals surface area contributed by atoms with Crippen LogP contribution in [0.5, 0.6) is 0 Å². The van der Waals surface area contributed by atoms with E-state index >= 15 is 0 Å². The normalized spacial score (nSPS) is 12.4. The van der Waals surface area contributed by atoms with Crippen LogP contribution in [-0.4, -0.2) is 13.4 Å². The number of hydrogen-bond acceptors (Lipinski definition) is 4. The molecule has 1 heterocycles. The highest BCUT2D eigenvalue weighted by molar-refractivity contribution is 7.92. The number of sulfonamides is 1. The lowest BCUT2D eigenvalue weighted by Crippen LogP contribution is -2.14. The van der Waals surface area contributed by atoms with E-state index in [-0.39, 0.29) is 16.8 Å². The Kier molecular flexibility index (Phi) is 5.00. The van der Waals surface area contributed by atoms with Gasteiger partial charge in [-0.1, -0.05) is 48.5 Å². The Hall–Kier alpha value is -2.86. The first-order valence-corrected chi connectivity index (χ1v) is 9.38. The van der Waals surface area contributed by atoms with Crippen molar-refractivity contribution in [1.82, 2.24) is 4.98 Å². The molecule has 5 nitrogen and oxygen atoms in total. The molecule has 0 saturated carbocycles. The maximum atomic E-state index is 12.3. The van der Waals surface area contributed by atoms with E-state index in [1.54, 1.807) is 48.7 Å². The molecule has 3 aromatic rings. The van der Waals surface area contributed by atoms with Crippen LogP contribution in [0.15, 0.2) is 83.9 Å². The zero-order chi connectivity index (χ0) is 17.7. The fourth-order valence-electron chi connectivity index (χ4n) is 2.41. The van der Waals surface area contributed by atoms with Gasteiger partial charge < -0.3 is 5.32 Å². The molecule has 0 bridgehead atoms. The van der Waals surface area contributed by atoms with Crippen LogP contribution in [0.25, 0.3) is 0 Å². The summed E-state index contributed by atoms with van der Waals surface area (Å²) in [7, 11) is -3.63. The van der Waals surface area contributed by atoms with Gasteiger partial charge in [0, 0.05) is 6.04 Å². The van der Waals surface area contributed by atoms with Crippen LogP contribution in [0, 0.1) is 0 Å². The van der Waals surface area contributed by atoms with Gasteiger partial charge in [-0.2, -0.15) is 0 Å². The van der Waals surface area contributed by atoms with Crippen LogP contribution in [0.4, 0.5) is 11.5 Å². The van der Waals surface area contributed by atoms with Gasteiger partial charge >= 0.3 is 0 Å². The zero-order valence-corrected chi connectivity index (χ0v) is 14.6. The van der Waals surface area contributed by atoms with E-state index in [9.17, 15) is 8.42 Å². The molecule has 0 saturated heterocycles. The number of nitrogens with one attached hydrogen (secondary N) is 2. The summed E-state index contributed by atoms with van der Waals surface area (Å²) in [6, 6.07) is 21.8. The average molecular weight is 353 g/mol. The quantitative estimate of drug-likeness (QED) is 0.701. The van der Waals surface area contributed by atoms with Crippen molar-refractivity contribution in [2.45, 2.75) is 17.9 Å². The highest BCUT2D eigenvalue weighted by Gasteiger charge is 2.14. The average Bonchev–Trinajstić information content (AvgIpc) is 2.64. The van der Waals surface area contributed by atoms with Crippen molar-refractivity contribution in [3.05, 3.63) is 84.6 Å². The fourth-order valence-corrected chi connectivity index (χ4v) is 3.44. The van der Waals surface area contributed by atoms with Gasteiger partial charge in [0.1, 0.15) is 5.82 Å². The van der Waals surface area contributed by atoms with Crippen LogP contribution in [0.2, 0.25) is 0 Å². The maximum absolute atomic E-state index is 12.3. The predicted octanol–water partition coefficient (Wildman–Crippen LogP) is 4.06. The number of aromatic nitrogens is 1. The van der Waals surface area contributed by atoms with Gasteiger partial charge in [-0.3, -0.25) is 4.72 Å². The van der Waals surface area contributed by atoms with Gasteiger partial charge in [0.15, 0.2) is 0 Å². The Morgan fingerprint density at radius 1 is 0.880 bits per heavy atom. The van der Waals surface area contributed by atoms with Crippen LogP contribution in [0.3, 0.4) is 0 Å². The molecule has 0 spiro atoms. The number of anilines is 2. The lowest BCUT2D eigenvalue weighted by Gasteiger charge is -2.15. The van der Waals surface area contributed by atoms with Gasteiger partial charge in [0.25, 0.3) is 10.0 Å². The number of nitrogens with zero attached hydrogens (tertiary/aromatic N) is 1. The minimum absolute atomic E-state index is 0.120. The van der Waals surface area contributed by atoms with Crippen molar-refractivity contribution in [3.63, 3.8) is 0 Å². The van der Waals surface area contributed by atoms with E-state index < -0.39 is 10.0 Å². The zero-order valence-electron chi connectivity index (χ0n) is 13.8. The molecule has 6 heteroatoms. The van der Waals surface area contributed by atoms with E-state index in [4.69, 9.17) is 0 Å². The summed E-state index contributed by atoms with van der Waals surface area (Å²) < 4.78 is 27.0. The minimum Gasteiger partial charge on any atom is -0.377 e. The molecule has 2 N–H and O–H groups in total. The summed E-state index contributed by atoms with van der Waals surface area (Å²) in [5.74, 6) is 0.279. The van der Waals surface area contributed by atoms with Crippen molar-refractivity contribution >= 4 is 21.5 Å². The highest BCUT2D eigenvalue weighted by Crippen LogP contribution is 2.20. The topological polar surface area (TPSA) is 71.1 Å². The molecule has 0 aliphatic carbocycles. The molecule has 0 amide bonds. The van der Waals surface area contributed by atoms with Crippen LogP contribution < -0.4 is 10.0 Å². The summed E-state index contributed by atoms with van der Waals surface area (Å²) in [4.78, 5) is 4.39. The molecular formula is C19H19N3O2S. The lowest BCUT2D eigenvalue weighted by molar-refractivity contribution is 0.601. The Morgan fingerprint density at radius 3 is 2.12 bits per heavy atom. The molecule has 0 radical (unpaired) electrons. The Bertz CT molecular complexity index is 912. The minimum atomic E-state index is -3.63. The monoisotopic (exact) mass is 353 g/mol. The summed E-state index contributed by atoms with van der Waals surface area (Å²) >= 11 is 0. The number of benzene rings is 2. The summed E-state index contributed by atoms with van der Waals surface area (Å²) in [5.41, 5.74) is 1.98. The lowest BCUT2D eigenvalue weighted by atomic mass is 10.1. The van der Waals surface area contributed by atoms with Crippen LogP contribution in [-0.2, 0) is 10.0 Å². The number of pyridine rings is 1. The molecule has 2 aromatic carbocycles. The van der Waals surface area contributed by atoms with Gasteiger partial charge in [-0.05, 0) is 36.8 Å². The molecule has 1 atom stereocenters. The van der Waals surface area contributed by atoms with Gasteiger partial charge in [-0.15, -0.1) is 0 Å². The molecule has 128 valence electrons. The summed E-state index contributed by atoms with van der Waals surface area (Å²) in [5, 5.41) is 3.34. The maximum Gasteiger partial charge on any atom is 0.263 e. The second kappa shape index (κ2) is 7.36. The Balaban J connectivity index is 1.68. The van der Waals surface area contributed by atoms with Gasteiger partial charge in [0.05, 0.1) is 16.8 Å². The fraction of sp³-hybridized carbons (Fsp3) is 0.105. The second-order valence-electron chi connectivity index (χ2n) is 5.63. The first-order valence-electron chi connectivity index (χ1n) is 7.90. The molecule has 0 aliphatic heterocycles. The van der Waals surface area contributed by atoms with E-state index in [1.165, 1.54) is 0 Å². The van der Waals surface area contributed by atoms with Crippen molar-refractivity contribution in [1.29, 1.82) is 0 Å². The molecular weight excluding hydrogens is 334 g/mol. The molecule has 1 aromatic heterocycles. The van der Waals surface area contributed by atoms with Crippen molar-refractivity contribution in [3.8, 4) is 0 Å². The van der Waals surface area contributed by atoms with E-state index in [2.05, 4.69) is 21.9 Å². The molecule has 0 aliphatic rings. The van der Waals surface area contributed by atoms with Crippen LogP contribution in [0.1, 0.15) is 18.5 Å². The summed E-state index contributed by atoms with van der Waals surface area (Å²) in [6.45, 7) is 2.06. The van der Waals surface area contributed by atoms with Crippen molar-refractivity contribution in [2.75, 3.05) is 10.0 Å². The van der Waals surface area contributed by atoms with E-state index in [0.717, 1.165) is 11.3 Å². The number of hydrogen-bond donors (Lipinski definition) is 2. The predicted molar refractivity (Wildman–Crippen MR) is 100.0 cm³/mol. The Labute approximate surface area is 147 Å². The smallest absolute Gasteiger partial charge is 0.263 e. The van der Waals surface area contributed by atoms with Crippen molar-refractivity contribution in [2.24, 2.45) is 0 Å². The standard InChI is InChI=1S/C19H19N3O2S/c1-15(16-8-4-2-5-9-16)21-17-12-13-19(20-14-17)22-25(23,24)18-10-6-3-7-11-18/h2-15,21H,1H3,(H,20,22). The third-order valence-corrected chi connectivity index (χ3v) is 5.11.